The van der Waals surface area contributed by atoms with Crippen molar-refractivity contribution in [2.45, 2.75) is 95.3 Å². The van der Waals surface area contributed by atoms with Crippen LogP contribution in [0.25, 0.3) is 11.3 Å². The maximum absolute atomic E-state index is 11.6. The fraction of sp³-hybridized carbons (Fsp3) is 0.444. The van der Waals surface area contributed by atoms with Gasteiger partial charge in [-0.25, -0.2) is 9.59 Å². The lowest BCUT2D eigenvalue weighted by atomic mass is 9.75. The van der Waals surface area contributed by atoms with Gasteiger partial charge in [0.15, 0.2) is 0 Å². The van der Waals surface area contributed by atoms with Crippen LogP contribution in [-0.2, 0) is 18.8 Å². The minimum atomic E-state index is -0.468. The van der Waals surface area contributed by atoms with E-state index in [2.05, 4.69) is 49.9 Å². The van der Waals surface area contributed by atoms with Crippen LogP contribution in [-0.4, -0.2) is 64.9 Å². The molecule has 1 saturated heterocycles. The second-order valence-corrected chi connectivity index (χ2v) is 13.3. The van der Waals surface area contributed by atoms with Crippen molar-refractivity contribution >= 4 is 47.1 Å². The van der Waals surface area contributed by atoms with Gasteiger partial charge in [-0.3, -0.25) is 10.2 Å². The number of nitrogens with zero attached hydrogens (tertiary/aromatic N) is 2. The van der Waals surface area contributed by atoms with E-state index in [1.54, 1.807) is 18.2 Å². The summed E-state index contributed by atoms with van der Waals surface area (Å²) in [4.78, 5) is 23.2. The molecule has 48 heavy (non-hydrogen) atoms. The zero-order chi connectivity index (χ0) is 34.6. The first kappa shape index (κ1) is 42.5. The number of aromatic nitrogens is 4. The molecule has 0 atom stereocenters. The van der Waals surface area contributed by atoms with E-state index in [-0.39, 0.29) is 26.8 Å². The van der Waals surface area contributed by atoms with Crippen molar-refractivity contribution in [3.8, 4) is 11.3 Å². The molecule has 2 aromatic carbocycles. The summed E-state index contributed by atoms with van der Waals surface area (Å²) in [5.74, 6) is -0.691. The molecule has 0 spiro atoms. The van der Waals surface area contributed by atoms with Crippen LogP contribution >= 0.6 is 22.6 Å². The number of methoxy groups -OCH3 is 2. The topological polar surface area (TPSA) is 128 Å². The molecule has 4 aromatic rings. The molecule has 1 fully saturated rings. The molecule has 0 bridgehead atoms. The number of ether oxygens (including phenoxy) is 2. The first-order valence-electron chi connectivity index (χ1n) is 14.9. The van der Waals surface area contributed by atoms with Crippen LogP contribution in [0.1, 0.15) is 96.9 Å². The molecule has 1 aliphatic rings. The van der Waals surface area contributed by atoms with Crippen LogP contribution in [0.5, 0.6) is 0 Å². The molecule has 1 aliphatic heterocycles. The third-order valence-corrected chi connectivity index (χ3v) is 9.62. The van der Waals surface area contributed by atoms with Crippen molar-refractivity contribution in [1.82, 2.24) is 20.4 Å². The number of nitrogens with one attached hydrogen (secondary N) is 2. The number of aryl methyl sites for hydroxylation is 4. The lowest BCUT2D eigenvalue weighted by molar-refractivity contribution is 0.00578. The Morgan fingerprint density at radius 2 is 1.19 bits per heavy atom. The van der Waals surface area contributed by atoms with Gasteiger partial charge in [0.05, 0.1) is 42.2 Å². The maximum Gasteiger partial charge on any atom is 0.495 e. The standard InChI is InChI=1S/C15H21BO4.C14H16N2O2.C5H7IN2.2CH4/c1-10-7-8-11(13(17)18-6)9-12(10)16-19-14(2,3)15(4,5)20-16;1-8-5-6-11(14(17)18-4)7-12(8)13-9(2)10(3)15-16-13;1-3-4(2)7-8-5(3)6;;/h7-9H,1-6H3;5-7H,1-4H3,(H,15,16);1-2H3,(H,7,8);2*1H4. The Morgan fingerprint density at radius 3 is 1.58 bits per heavy atom. The van der Waals surface area contributed by atoms with E-state index < -0.39 is 18.3 Å². The molecule has 0 amide bonds. The smallest absolute Gasteiger partial charge is 0.465 e. The molecule has 0 radical (unpaired) electrons. The Bertz CT molecular complexity index is 1680. The average Bonchev–Trinajstić information content (AvgIpc) is 3.58. The van der Waals surface area contributed by atoms with Crippen molar-refractivity contribution in [2.75, 3.05) is 14.2 Å². The number of benzene rings is 2. The molecule has 0 saturated carbocycles. The van der Waals surface area contributed by atoms with Crippen LogP contribution in [0.15, 0.2) is 36.4 Å². The molecule has 0 unspecified atom stereocenters. The Kier molecular flexibility index (Phi) is 15.3. The Labute approximate surface area is 300 Å². The van der Waals surface area contributed by atoms with Gasteiger partial charge in [0.2, 0.25) is 0 Å². The molecule has 262 valence electrons. The lowest BCUT2D eigenvalue weighted by Crippen LogP contribution is -2.41. The number of hydrogen-bond donors (Lipinski definition) is 2. The van der Waals surface area contributed by atoms with Crippen molar-refractivity contribution in [2.24, 2.45) is 0 Å². The Balaban J connectivity index is 0.000000380. The van der Waals surface area contributed by atoms with E-state index in [1.807, 2.05) is 80.5 Å². The van der Waals surface area contributed by atoms with Gasteiger partial charge in [0, 0.05) is 22.5 Å². The first-order valence-corrected chi connectivity index (χ1v) is 15.9. The summed E-state index contributed by atoms with van der Waals surface area (Å²) in [5, 5.41) is 14.1. The monoisotopic (exact) mass is 774 g/mol. The maximum atomic E-state index is 11.6. The summed E-state index contributed by atoms with van der Waals surface area (Å²) in [6.07, 6.45) is 0. The van der Waals surface area contributed by atoms with Gasteiger partial charge in [0.1, 0.15) is 3.70 Å². The minimum Gasteiger partial charge on any atom is -0.465 e. The van der Waals surface area contributed by atoms with E-state index in [0.29, 0.717) is 11.1 Å². The quantitative estimate of drug-likeness (QED) is 0.122. The summed E-state index contributed by atoms with van der Waals surface area (Å²) >= 11 is 2.20. The molecule has 12 heteroatoms. The van der Waals surface area contributed by atoms with Crippen LogP contribution in [0.4, 0.5) is 0 Å². The van der Waals surface area contributed by atoms with Crippen LogP contribution in [0.3, 0.4) is 0 Å². The predicted molar refractivity (Wildman–Crippen MR) is 202 cm³/mol. The van der Waals surface area contributed by atoms with Crippen molar-refractivity contribution < 1.29 is 28.4 Å². The number of aromatic amines is 2. The summed E-state index contributed by atoms with van der Waals surface area (Å²) in [6, 6.07) is 10.9. The third kappa shape index (κ3) is 9.57. The zero-order valence-corrected chi connectivity index (χ0v) is 30.9. The van der Waals surface area contributed by atoms with Crippen LogP contribution in [0.2, 0.25) is 0 Å². The van der Waals surface area contributed by atoms with Gasteiger partial charge < -0.3 is 18.8 Å². The lowest BCUT2D eigenvalue weighted by Gasteiger charge is -2.32. The second kappa shape index (κ2) is 17.3. The van der Waals surface area contributed by atoms with Gasteiger partial charge in [0.25, 0.3) is 0 Å². The number of hydrogen-bond acceptors (Lipinski definition) is 8. The first-order chi connectivity index (χ1) is 21.4. The molecular formula is C36H52BIN4O6. The van der Waals surface area contributed by atoms with Gasteiger partial charge in [-0.05, 0) is 133 Å². The van der Waals surface area contributed by atoms with Crippen molar-refractivity contribution in [3.63, 3.8) is 0 Å². The van der Waals surface area contributed by atoms with Gasteiger partial charge in [-0.1, -0.05) is 32.5 Å². The highest BCUT2D eigenvalue weighted by Crippen LogP contribution is 2.36. The highest BCUT2D eigenvalue weighted by Gasteiger charge is 2.52. The van der Waals surface area contributed by atoms with E-state index in [0.717, 1.165) is 48.5 Å². The molecular weight excluding hydrogens is 722 g/mol. The SMILES string of the molecule is C.C.COC(=O)c1ccc(C)c(-c2n[nH]c(C)c2C)c1.COC(=O)c1ccc(C)c(B2OC(C)(C)C(C)(C)O2)c1.Cc1[nH]nc(I)c1C. The number of esters is 2. The summed E-state index contributed by atoms with van der Waals surface area (Å²) in [5.41, 5.74) is 9.61. The molecule has 10 nitrogen and oxygen atoms in total. The fourth-order valence-electron chi connectivity index (χ4n) is 4.43. The summed E-state index contributed by atoms with van der Waals surface area (Å²) in [7, 11) is 2.28. The van der Waals surface area contributed by atoms with Crippen molar-refractivity contribution in [3.05, 3.63) is 84.9 Å². The average molecular weight is 775 g/mol. The third-order valence-electron chi connectivity index (χ3n) is 8.57. The number of carbonyl (C=O) groups excluding carboxylic acids is 2. The van der Waals surface area contributed by atoms with Crippen LogP contribution in [0, 0.1) is 45.2 Å². The predicted octanol–water partition coefficient (Wildman–Crippen LogP) is 7.77. The number of halogens is 1. The number of H-pyrrole nitrogens is 2. The normalized spacial score (nSPS) is 13.9. The molecule has 2 aromatic heterocycles. The van der Waals surface area contributed by atoms with Crippen molar-refractivity contribution in [1.29, 1.82) is 0 Å². The zero-order valence-electron chi connectivity index (χ0n) is 28.8. The molecule has 2 N–H and O–H groups in total. The summed E-state index contributed by atoms with van der Waals surface area (Å²) < 4.78 is 22.6. The number of carbonyl (C=O) groups is 2. The van der Waals surface area contributed by atoms with E-state index in [4.69, 9.17) is 18.8 Å². The molecule has 5 rings (SSSR count). The van der Waals surface area contributed by atoms with Gasteiger partial charge >= 0.3 is 19.1 Å². The molecule has 3 heterocycles. The molecule has 0 aliphatic carbocycles. The highest BCUT2D eigenvalue weighted by atomic mass is 127. The van der Waals surface area contributed by atoms with Gasteiger partial charge in [-0.2, -0.15) is 10.2 Å². The number of rotatable bonds is 4. The largest absolute Gasteiger partial charge is 0.495 e. The Hall–Kier alpha value is -3.49. The van der Waals surface area contributed by atoms with E-state index in [1.165, 1.54) is 19.8 Å². The highest BCUT2D eigenvalue weighted by molar-refractivity contribution is 14.1. The minimum absolute atomic E-state index is 0. The summed E-state index contributed by atoms with van der Waals surface area (Å²) in [6.45, 7) is 20.1. The second-order valence-electron chi connectivity index (χ2n) is 12.3. The van der Waals surface area contributed by atoms with E-state index in [9.17, 15) is 9.59 Å². The Morgan fingerprint density at radius 1 is 0.729 bits per heavy atom. The van der Waals surface area contributed by atoms with Gasteiger partial charge in [-0.15, -0.1) is 0 Å². The van der Waals surface area contributed by atoms with E-state index >= 15 is 0 Å². The van der Waals surface area contributed by atoms with Crippen LogP contribution < -0.4 is 5.46 Å². The fourth-order valence-corrected chi connectivity index (χ4v) is 4.96.